The highest BCUT2D eigenvalue weighted by atomic mass is 16.7. The Morgan fingerprint density at radius 1 is 1.04 bits per heavy atom. The number of nitrogens with zero attached hydrogens (tertiary/aromatic N) is 4. The van der Waals surface area contributed by atoms with E-state index in [0.29, 0.717) is 0 Å². The lowest BCUT2D eigenvalue weighted by atomic mass is 9.75. The second-order valence-electron chi connectivity index (χ2n) is 14.7. The second kappa shape index (κ2) is 14.3. The number of Topliss-reactive ketones (excluding diaryl/α,β-unsaturated/α-hetero) is 1. The third-order valence-electron chi connectivity index (χ3n) is 11.4. The van der Waals surface area contributed by atoms with Gasteiger partial charge in [0.2, 0.25) is 0 Å². The number of ether oxygens (including phenoxy) is 7. The van der Waals surface area contributed by atoms with E-state index < -0.39 is 107 Å². The molecule has 4 fully saturated rings. The first-order chi connectivity index (χ1) is 22.8. The minimum Gasteiger partial charge on any atom is -0.457 e. The second-order valence-corrected chi connectivity index (χ2v) is 14.7. The van der Waals surface area contributed by atoms with Gasteiger partial charge in [-0.05, 0) is 39.6 Å². The number of ketones is 1. The molecule has 0 aromatic carbocycles. The van der Waals surface area contributed by atoms with Crippen LogP contribution in [0.1, 0.15) is 75.2 Å². The SMILES string of the molecule is COC1(C)CC(O[C@H]2[C@H](C)[C@@H](O)[C@@](C)(OC)C[C@@H](C)C(=O)[C@H](C)[C@H]3N(CN=[N+]=[N-])C(=O)O[C@@]34C(C)[C@H]4OC(=O)[C@@H]2C)OC(C)C1OC(C)=O. The van der Waals surface area contributed by atoms with Gasteiger partial charge in [-0.1, -0.05) is 32.8 Å². The van der Waals surface area contributed by atoms with Crippen LogP contribution in [-0.2, 0) is 47.5 Å². The Kier molecular flexibility index (Phi) is 11.3. The van der Waals surface area contributed by atoms with E-state index in [1.165, 1.54) is 26.0 Å². The summed E-state index contributed by atoms with van der Waals surface area (Å²) in [6.45, 7) is 14.6. The van der Waals surface area contributed by atoms with Crippen molar-refractivity contribution in [2.24, 2.45) is 34.7 Å². The molecule has 0 aromatic heterocycles. The van der Waals surface area contributed by atoms with Gasteiger partial charge in [-0.15, -0.1) is 0 Å². The first kappa shape index (κ1) is 38.8. The van der Waals surface area contributed by atoms with Gasteiger partial charge in [0.05, 0.1) is 35.9 Å². The maximum Gasteiger partial charge on any atom is 0.411 e. The molecule has 16 heteroatoms. The van der Waals surface area contributed by atoms with E-state index in [1.54, 1.807) is 55.4 Å². The smallest absolute Gasteiger partial charge is 0.411 e. The van der Waals surface area contributed by atoms with Crippen LogP contribution in [0, 0.1) is 29.6 Å². The molecule has 1 amide bonds. The van der Waals surface area contributed by atoms with Crippen molar-refractivity contribution in [3.8, 4) is 0 Å². The highest BCUT2D eigenvalue weighted by Crippen LogP contribution is 2.59. The molecule has 3 aliphatic heterocycles. The molecule has 49 heavy (non-hydrogen) atoms. The van der Waals surface area contributed by atoms with Crippen molar-refractivity contribution in [3.63, 3.8) is 0 Å². The van der Waals surface area contributed by atoms with Crippen LogP contribution in [0.15, 0.2) is 5.11 Å². The van der Waals surface area contributed by atoms with E-state index in [4.69, 9.17) is 38.7 Å². The molecule has 5 unspecified atom stereocenters. The molecule has 1 N–H and O–H groups in total. The molecule has 1 spiro atoms. The summed E-state index contributed by atoms with van der Waals surface area (Å²) < 4.78 is 41.9. The van der Waals surface area contributed by atoms with Crippen LogP contribution < -0.4 is 0 Å². The number of azide groups is 1. The molecule has 1 aliphatic carbocycles. The molecule has 276 valence electrons. The van der Waals surface area contributed by atoms with Gasteiger partial charge in [0.1, 0.15) is 18.1 Å². The van der Waals surface area contributed by atoms with Crippen molar-refractivity contribution in [1.82, 2.24) is 4.90 Å². The predicted molar refractivity (Wildman–Crippen MR) is 170 cm³/mol. The first-order valence-electron chi connectivity index (χ1n) is 16.8. The van der Waals surface area contributed by atoms with E-state index in [2.05, 4.69) is 10.0 Å². The van der Waals surface area contributed by atoms with E-state index in [9.17, 15) is 24.3 Å². The lowest BCUT2D eigenvalue weighted by Crippen LogP contribution is -2.59. The molecule has 1 saturated carbocycles. The van der Waals surface area contributed by atoms with Crippen LogP contribution in [0.2, 0.25) is 0 Å². The average Bonchev–Trinajstić information content (AvgIpc) is 3.45. The summed E-state index contributed by atoms with van der Waals surface area (Å²) in [5.41, 5.74) is 5.36. The van der Waals surface area contributed by atoms with Crippen LogP contribution in [0.3, 0.4) is 0 Å². The Hall–Kier alpha value is -3.01. The van der Waals surface area contributed by atoms with Crippen LogP contribution in [0.5, 0.6) is 0 Å². The number of hydrogen-bond donors (Lipinski definition) is 1. The molecule has 4 aliphatic rings. The largest absolute Gasteiger partial charge is 0.457 e. The number of aliphatic hydroxyl groups is 1. The third-order valence-corrected chi connectivity index (χ3v) is 11.4. The number of esters is 2. The first-order valence-corrected chi connectivity index (χ1v) is 16.8. The van der Waals surface area contributed by atoms with Crippen LogP contribution >= 0.6 is 0 Å². The van der Waals surface area contributed by atoms with Crippen molar-refractivity contribution in [3.05, 3.63) is 10.4 Å². The van der Waals surface area contributed by atoms with Crippen molar-refractivity contribution in [1.29, 1.82) is 0 Å². The Bertz CT molecular complexity index is 1340. The Labute approximate surface area is 287 Å². The summed E-state index contributed by atoms with van der Waals surface area (Å²) in [6, 6.07) is -0.898. The van der Waals surface area contributed by atoms with Gasteiger partial charge in [-0.25, -0.2) is 4.79 Å². The maximum atomic E-state index is 14.1. The number of aliphatic hydroxyl groups excluding tert-OH is 1. The number of carbonyl (C=O) groups excluding carboxylic acids is 4. The van der Waals surface area contributed by atoms with Gasteiger partial charge < -0.3 is 38.3 Å². The average molecular weight is 697 g/mol. The zero-order chi connectivity index (χ0) is 36.8. The van der Waals surface area contributed by atoms with Crippen molar-refractivity contribution in [2.45, 2.75) is 135 Å². The zero-order valence-corrected chi connectivity index (χ0v) is 30.3. The third kappa shape index (κ3) is 6.87. The number of amides is 1. The van der Waals surface area contributed by atoms with Crippen molar-refractivity contribution >= 4 is 23.8 Å². The summed E-state index contributed by atoms with van der Waals surface area (Å²) in [6.07, 6.45) is -6.06. The Morgan fingerprint density at radius 3 is 2.24 bits per heavy atom. The molecule has 0 radical (unpaired) electrons. The van der Waals surface area contributed by atoms with Crippen molar-refractivity contribution < 1.29 is 57.4 Å². The van der Waals surface area contributed by atoms with E-state index in [-0.39, 0.29) is 25.3 Å². The Balaban J connectivity index is 1.74. The molecular formula is C33H52N4O12. The minimum absolute atomic E-state index is 0.0936. The topological polar surface area (TPSA) is 205 Å². The maximum absolute atomic E-state index is 14.1. The van der Waals surface area contributed by atoms with Crippen molar-refractivity contribution in [2.75, 3.05) is 20.9 Å². The summed E-state index contributed by atoms with van der Waals surface area (Å²) in [4.78, 5) is 57.1. The number of carbonyl (C=O) groups is 4. The Morgan fingerprint density at radius 2 is 1.67 bits per heavy atom. The molecule has 16 nitrogen and oxygen atoms in total. The minimum atomic E-state index is -1.35. The quantitative estimate of drug-likeness (QED) is 0.133. The zero-order valence-electron chi connectivity index (χ0n) is 30.3. The van der Waals surface area contributed by atoms with Crippen LogP contribution in [0.25, 0.3) is 10.4 Å². The lowest BCUT2D eigenvalue weighted by molar-refractivity contribution is -0.301. The summed E-state index contributed by atoms with van der Waals surface area (Å²) in [5, 5.41) is 15.5. The summed E-state index contributed by atoms with van der Waals surface area (Å²) in [7, 11) is 2.94. The predicted octanol–water partition coefficient (Wildman–Crippen LogP) is 3.52. The fourth-order valence-corrected chi connectivity index (χ4v) is 8.42. The van der Waals surface area contributed by atoms with Crippen LogP contribution in [0.4, 0.5) is 4.79 Å². The fourth-order valence-electron chi connectivity index (χ4n) is 8.42. The summed E-state index contributed by atoms with van der Waals surface area (Å²) in [5.74, 6) is -5.12. The fraction of sp³-hybridized carbons (Fsp3) is 0.879. The lowest BCUT2D eigenvalue weighted by Gasteiger charge is -2.47. The number of methoxy groups -OCH3 is 2. The molecule has 0 aromatic rings. The summed E-state index contributed by atoms with van der Waals surface area (Å²) >= 11 is 0. The number of hydrogen-bond acceptors (Lipinski definition) is 13. The van der Waals surface area contributed by atoms with E-state index >= 15 is 0 Å². The van der Waals surface area contributed by atoms with Crippen LogP contribution in [-0.4, -0.2) is 114 Å². The molecule has 3 saturated heterocycles. The molecule has 4 rings (SSSR count). The highest BCUT2D eigenvalue weighted by Gasteiger charge is 2.79. The van der Waals surface area contributed by atoms with Gasteiger partial charge in [0.25, 0.3) is 0 Å². The molecule has 0 bridgehead atoms. The van der Waals surface area contributed by atoms with Gasteiger partial charge in [-0.3, -0.25) is 19.3 Å². The number of rotatable bonds is 7. The van der Waals surface area contributed by atoms with Gasteiger partial charge in [0.15, 0.2) is 24.1 Å². The van der Waals surface area contributed by atoms with E-state index in [1.807, 2.05) is 0 Å². The normalized spacial score (nSPS) is 46.0. The molecule has 3 heterocycles. The molecular weight excluding hydrogens is 644 g/mol. The van der Waals surface area contributed by atoms with Gasteiger partial charge in [0, 0.05) is 56.1 Å². The van der Waals surface area contributed by atoms with Gasteiger partial charge in [-0.2, -0.15) is 0 Å². The monoisotopic (exact) mass is 696 g/mol. The standard InChI is InChI=1S/C33H52N4O12/c1-15-12-31(8,43-10)26(40)17(3)24(47-22-13-32(9,44-11)28(20(6)45-22)46-21(7)38)18(4)29(41)48-27-19(5)33(27)25(16(2)23(15)39)37(14-35-36-34)30(42)49-33/h15-20,22,24-28,40H,12-14H2,1-11H3/t15-,16+,17+,18-,19?,20?,22?,24+,25-,26-,27-,28?,31+,32?,33+/m1/s1. The van der Waals surface area contributed by atoms with Gasteiger partial charge >= 0.3 is 18.0 Å². The van der Waals surface area contributed by atoms with E-state index in [0.717, 1.165) is 0 Å². The molecule has 15 atom stereocenters. The highest BCUT2D eigenvalue weighted by molar-refractivity contribution is 5.86.